The zero-order chi connectivity index (χ0) is 18.5. The predicted molar refractivity (Wildman–Crippen MR) is 101 cm³/mol. The molecular formula is C17H22N8O. The summed E-state index contributed by atoms with van der Waals surface area (Å²) in [6, 6.07) is 3.85. The van der Waals surface area contributed by atoms with E-state index in [0.29, 0.717) is 30.4 Å². The summed E-state index contributed by atoms with van der Waals surface area (Å²) in [6.07, 6.45) is 6.96. The molecule has 0 unspecified atom stereocenters. The molecule has 0 fully saturated rings. The Bertz CT molecular complexity index is 934. The topological polar surface area (TPSA) is 139 Å². The highest BCUT2D eigenvalue weighted by molar-refractivity contribution is 5.67. The first-order chi connectivity index (χ1) is 12.7. The van der Waals surface area contributed by atoms with Crippen LogP contribution in [-0.2, 0) is 13.2 Å². The average molecular weight is 354 g/mol. The number of fused-ring (bicyclic) bond motifs is 1. The highest BCUT2D eigenvalue weighted by Crippen LogP contribution is 2.18. The van der Waals surface area contributed by atoms with Gasteiger partial charge in [0.25, 0.3) is 0 Å². The Morgan fingerprint density at radius 1 is 1.31 bits per heavy atom. The molecule has 0 amide bonds. The minimum Gasteiger partial charge on any atom is -0.394 e. The number of hydrogen-bond donors (Lipinski definition) is 5. The van der Waals surface area contributed by atoms with Crippen LogP contribution in [0.15, 0.2) is 36.9 Å². The number of nitrogens with one attached hydrogen (secondary N) is 2. The fraction of sp³-hybridized carbons (Fsp3) is 0.235. The first-order valence-electron chi connectivity index (χ1n) is 8.15. The summed E-state index contributed by atoms with van der Waals surface area (Å²) in [5.74, 6) is 0.806. The van der Waals surface area contributed by atoms with Crippen molar-refractivity contribution >= 4 is 22.9 Å². The molecule has 7 N–H and O–H groups in total. The number of anilines is 2. The summed E-state index contributed by atoms with van der Waals surface area (Å²) >= 11 is 0. The number of imidazole rings is 1. The van der Waals surface area contributed by atoms with Gasteiger partial charge < -0.3 is 31.6 Å². The molecule has 0 aromatic carbocycles. The maximum atomic E-state index is 9.38. The molecule has 3 heterocycles. The van der Waals surface area contributed by atoms with Crippen molar-refractivity contribution in [2.24, 2.45) is 5.73 Å². The van der Waals surface area contributed by atoms with E-state index in [1.807, 2.05) is 22.7 Å². The van der Waals surface area contributed by atoms with Gasteiger partial charge in [0.1, 0.15) is 5.65 Å². The van der Waals surface area contributed by atoms with Crippen molar-refractivity contribution in [1.29, 1.82) is 0 Å². The Hall–Kier alpha value is -3.17. The van der Waals surface area contributed by atoms with Gasteiger partial charge in [0.05, 0.1) is 30.4 Å². The summed E-state index contributed by atoms with van der Waals surface area (Å²) in [5.41, 5.74) is 15.7. The van der Waals surface area contributed by atoms with Gasteiger partial charge in [-0.3, -0.25) is 0 Å². The van der Waals surface area contributed by atoms with Crippen LogP contribution in [0, 0.1) is 0 Å². The molecule has 0 radical (unpaired) electrons. The van der Waals surface area contributed by atoms with Crippen LogP contribution < -0.4 is 22.1 Å². The SMILES string of the molecule is CN/C=C(\CN)c1cnc(N)c(NCc2ccc3ncc(CO)n3c2)n1. The molecule has 26 heavy (non-hydrogen) atoms. The minimum absolute atomic E-state index is 0.0712. The van der Waals surface area contributed by atoms with Gasteiger partial charge >= 0.3 is 0 Å². The zero-order valence-electron chi connectivity index (χ0n) is 14.5. The summed E-state index contributed by atoms with van der Waals surface area (Å²) in [6.45, 7) is 0.757. The van der Waals surface area contributed by atoms with Crippen molar-refractivity contribution in [1.82, 2.24) is 24.7 Å². The Balaban J connectivity index is 1.82. The van der Waals surface area contributed by atoms with Crippen LogP contribution >= 0.6 is 0 Å². The van der Waals surface area contributed by atoms with Crippen molar-refractivity contribution < 1.29 is 5.11 Å². The number of nitrogens with zero attached hydrogens (tertiary/aromatic N) is 4. The number of nitrogen functional groups attached to an aromatic ring is 1. The highest BCUT2D eigenvalue weighted by atomic mass is 16.3. The lowest BCUT2D eigenvalue weighted by Gasteiger charge is -2.11. The number of aliphatic hydroxyl groups is 1. The molecule has 0 saturated carbocycles. The lowest BCUT2D eigenvalue weighted by molar-refractivity contribution is 0.276. The first-order valence-corrected chi connectivity index (χ1v) is 8.15. The third-order valence-electron chi connectivity index (χ3n) is 3.93. The van der Waals surface area contributed by atoms with Crippen LogP contribution in [0.25, 0.3) is 11.2 Å². The minimum atomic E-state index is -0.0712. The van der Waals surface area contributed by atoms with E-state index in [1.165, 1.54) is 0 Å². The van der Waals surface area contributed by atoms with Crippen LogP contribution in [-0.4, -0.2) is 38.1 Å². The van der Waals surface area contributed by atoms with Gasteiger partial charge in [-0.25, -0.2) is 15.0 Å². The quantitative estimate of drug-likeness (QED) is 0.409. The molecular weight excluding hydrogens is 332 g/mol. The standard InChI is InChI=1S/C17H22N8O/c1-20-6-12(4-18)14-8-22-16(19)17(24-14)23-5-11-2-3-15-21-7-13(10-26)25(15)9-11/h2-3,6-9,20,26H,4-5,10,18H2,1H3,(H2,19,22)(H,23,24)/b12-6+. The molecule has 3 rings (SSSR count). The molecule has 9 heteroatoms. The molecule has 0 saturated heterocycles. The fourth-order valence-electron chi connectivity index (χ4n) is 2.58. The maximum Gasteiger partial charge on any atom is 0.169 e. The Kier molecular flexibility index (Phi) is 5.30. The molecule has 0 aliphatic carbocycles. The number of nitrogens with two attached hydrogens (primary N) is 2. The van der Waals surface area contributed by atoms with E-state index >= 15 is 0 Å². The summed E-state index contributed by atoms with van der Waals surface area (Å²) in [5, 5.41) is 15.5. The maximum absolute atomic E-state index is 9.38. The van der Waals surface area contributed by atoms with E-state index < -0.39 is 0 Å². The van der Waals surface area contributed by atoms with E-state index in [9.17, 15) is 5.11 Å². The van der Waals surface area contributed by atoms with E-state index in [2.05, 4.69) is 25.6 Å². The Morgan fingerprint density at radius 3 is 2.88 bits per heavy atom. The molecule has 136 valence electrons. The second kappa shape index (κ2) is 7.81. The molecule has 9 nitrogen and oxygen atoms in total. The Labute approximate surface area is 150 Å². The van der Waals surface area contributed by atoms with Crippen LogP contribution in [0.5, 0.6) is 0 Å². The van der Waals surface area contributed by atoms with Gasteiger partial charge in [0.2, 0.25) is 0 Å². The summed E-state index contributed by atoms with van der Waals surface area (Å²) in [7, 11) is 1.80. The molecule has 3 aromatic rings. The van der Waals surface area contributed by atoms with Gasteiger partial charge in [0, 0.05) is 38.1 Å². The van der Waals surface area contributed by atoms with Crippen molar-refractivity contribution in [3.05, 3.63) is 53.9 Å². The summed E-state index contributed by atoms with van der Waals surface area (Å²) < 4.78 is 1.85. The number of aliphatic hydroxyl groups excluding tert-OH is 1. The summed E-state index contributed by atoms with van der Waals surface area (Å²) in [4.78, 5) is 12.9. The van der Waals surface area contributed by atoms with Gasteiger partial charge in [-0.05, 0) is 11.6 Å². The number of aromatic nitrogens is 4. The molecule has 0 bridgehead atoms. The monoisotopic (exact) mass is 354 g/mol. The van der Waals surface area contributed by atoms with E-state index in [1.54, 1.807) is 25.6 Å². The number of hydrogen-bond acceptors (Lipinski definition) is 8. The van der Waals surface area contributed by atoms with Crippen LogP contribution in [0.2, 0.25) is 0 Å². The molecule has 3 aromatic heterocycles. The Morgan fingerprint density at radius 2 is 2.15 bits per heavy atom. The lowest BCUT2D eigenvalue weighted by Crippen LogP contribution is -2.12. The largest absolute Gasteiger partial charge is 0.394 e. The van der Waals surface area contributed by atoms with Crippen molar-refractivity contribution in [2.75, 3.05) is 24.6 Å². The van der Waals surface area contributed by atoms with Gasteiger partial charge in [-0.1, -0.05) is 6.07 Å². The van der Waals surface area contributed by atoms with E-state index in [-0.39, 0.29) is 6.61 Å². The zero-order valence-corrected chi connectivity index (χ0v) is 14.5. The second-order valence-electron chi connectivity index (χ2n) is 5.68. The normalized spacial score (nSPS) is 11.7. The number of rotatable bonds is 7. The predicted octanol–water partition coefficient (Wildman–Crippen LogP) is 0.330. The average Bonchev–Trinajstić information content (AvgIpc) is 3.08. The van der Waals surface area contributed by atoms with Crippen LogP contribution in [0.1, 0.15) is 17.0 Å². The third kappa shape index (κ3) is 3.58. The third-order valence-corrected chi connectivity index (χ3v) is 3.93. The molecule has 0 aliphatic heterocycles. The van der Waals surface area contributed by atoms with Crippen molar-refractivity contribution in [2.45, 2.75) is 13.2 Å². The lowest BCUT2D eigenvalue weighted by atomic mass is 10.2. The first kappa shape index (κ1) is 17.6. The highest BCUT2D eigenvalue weighted by Gasteiger charge is 2.09. The van der Waals surface area contributed by atoms with Crippen LogP contribution in [0.3, 0.4) is 0 Å². The smallest absolute Gasteiger partial charge is 0.169 e. The van der Waals surface area contributed by atoms with Crippen molar-refractivity contribution in [3.8, 4) is 0 Å². The van der Waals surface area contributed by atoms with Crippen LogP contribution in [0.4, 0.5) is 11.6 Å². The van der Waals surface area contributed by atoms with Gasteiger partial charge in [0.15, 0.2) is 11.6 Å². The van der Waals surface area contributed by atoms with E-state index in [4.69, 9.17) is 11.5 Å². The number of pyridine rings is 1. The molecule has 0 aliphatic rings. The molecule has 0 spiro atoms. The second-order valence-corrected chi connectivity index (χ2v) is 5.68. The van der Waals surface area contributed by atoms with E-state index in [0.717, 1.165) is 22.5 Å². The van der Waals surface area contributed by atoms with Gasteiger partial charge in [-0.15, -0.1) is 0 Å². The fourth-order valence-corrected chi connectivity index (χ4v) is 2.58. The molecule has 0 atom stereocenters. The van der Waals surface area contributed by atoms with Crippen molar-refractivity contribution in [3.63, 3.8) is 0 Å². The van der Waals surface area contributed by atoms with Gasteiger partial charge in [-0.2, -0.15) is 0 Å².